The Morgan fingerprint density at radius 3 is 2.74 bits per heavy atom. The number of rotatable bonds is 6. The summed E-state index contributed by atoms with van der Waals surface area (Å²) in [7, 11) is 0. The van der Waals surface area contributed by atoms with Crippen LogP contribution in [-0.4, -0.2) is 48.2 Å². The molecule has 1 aliphatic heterocycles. The van der Waals surface area contributed by atoms with Crippen LogP contribution in [0, 0.1) is 5.92 Å². The molecule has 3 rings (SSSR count). The van der Waals surface area contributed by atoms with Crippen LogP contribution in [0.1, 0.15) is 43.9 Å². The summed E-state index contributed by atoms with van der Waals surface area (Å²) in [5.41, 5.74) is 0.919. The Bertz CT molecular complexity index is 848. The third-order valence-corrected chi connectivity index (χ3v) is 4.76. The molecule has 6 nitrogen and oxygen atoms in total. The van der Waals surface area contributed by atoms with Gasteiger partial charge < -0.3 is 14.7 Å². The lowest BCUT2D eigenvalue weighted by atomic mass is 9.97. The smallest absolute Gasteiger partial charge is 0.254 e. The number of hydrogen-bond donors (Lipinski definition) is 1. The third kappa shape index (κ3) is 4.16. The Labute approximate surface area is 157 Å². The molecular weight excluding hydrogens is 346 g/mol. The van der Waals surface area contributed by atoms with Gasteiger partial charge in [-0.25, -0.2) is 0 Å². The van der Waals surface area contributed by atoms with Crippen LogP contribution in [0.4, 0.5) is 0 Å². The summed E-state index contributed by atoms with van der Waals surface area (Å²) in [4.78, 5) is 36.9. The first-order chi connectivity index (χ1) is 13.1. The van der Waals surface area contributed by atoms with E-state index in [1.54, 1.807) is 41.3 Å². The highest BCUT2D eigenvalue weighted by molar-refractivity contribution is 6.01. The predicted octanol–water partition coefficient (Wildman–Crippen LogP) is 2.95. The minimum atomic E-state index is -0.159. The lowest BCUT2D eigenvalue weighted by molar-refractivity contribution is 0.0631. The van der Waals surface area contributed by atoms with Crippen LogP contribution in [-0.2, 0) is 0 Å². The van der Waals surface area contributed by atoms with Crippen LogP contribution in [0.2, 0.25) is 0 Å². The van der Waals surface area contributed by atoms with E-state index in [1.165, 1.54) is 6.07 Å². The molecule has 0 saturated carbocycles. The van der Waals surface area contributed by atoms with Crippen LogP contribution >= 0.6 is 0 Å². The van der Waals surface area contributed by atoms with Crippen LogP contribution < -0.4 is 4.74 Å². The van der Waals surface area contributed by atoms with E-state index in [0.717, 1.165) is 12.8 Å². The van der Waals surface area contributed by atoms with Gasteiger partial charge in [0.15, 0.2) is 12.6 Å². The van der Waals surface area contributed by atoms with Crippen molar-refractivity contribution in [1.82, 2.24) is 4.90 Å². The van der Waals surface area contributed by atoms with Crippen LogP contribution in [0.3, 0.4) is 0 Å². The minimum absolute atomic E-state index is 0.105. The number of phenolic OH excluding ortho intramolecular Hbond substituents is 1. The van der Waals surface area contributed by atoms with E-state index in [-0.39, 0.29) is 23.1 Å². The maximum atomic E-state index is 12.8. The number of aldehydes is 2. The fourth-order valence-electron chi connectivity index (χ4n) is 3.33. The Morgan fingerprint density at radius 1 is 1.15 bits per heavy atom. The van der Waals surface area contributed by atoms with Crippen molar-refractivity contribution < 1.29 is 24.2 Å². The second kappa shape index (κ2) is 8.49. The van der Waals surface area contributed by atoms with Gasteiger partial charge in [0, 0.05) is 24.6 Å². The largest absolute Gasteiger partial charge is 0.507 e. The van der Waals surface area contributed by atoms with Crippen molar-refractivity contribution in [2.24, 2.45) is 5.92 Å². The molecule has 0 radical (unpaired) electrons. The number of hydrogen-bond acceptors (Lipinski definition) is 5. The van der Waals surface area contributed by atoms with Gasteiger partial charge in [-0.1, -0.05) is 24.3 Å². The Morgan fingerprint density at radius 2 is 1.96 bits per heavy atom. The highest BCUT2D eigenvalue weighted by Crippen LogP contribution is 2.27. The Balaban J connectivity index is 1.66. The van der Waals surface area contributed by atoms with Crippen molar-refractivity contribution in [3.8, 4) is 11.5 Å². The van der Waals surface area contributed by atoms with Crippen LogP contribution in [0.5, 0.6) is 11.5 Å². The molecule has 2 aromatic rings. The van der Waals surface area contributed by atoms with Gasteiger partial charge in [0.25, 0.3) is 5.91 Å². The van der Waals surface area contributed by atoms with Gasteiger partial charge in [0.05, 0.1) is 17.7 Å². The SMILES string of the molecule is O=Cc1ccccc1C(=O)N1CCC[C@H](COc2cccc(O)c2C=O)C1. The number of nitrogens with zero attached hydrogens (tertiary/aromatic N) is 1. The summed E-state index contributed by atoms with van der Waals surface area (Å²) >= 11 is 0. The normalized spacial score (nSPS) is 16.6. The molecule has 1 N–H and O–H groups in total. The molecule has 0 aromatic heterocycles. The van der Waals surface area contributed by atoms with Gasteiger partial charge >= 0.3 is 0 Å². The molecule has 0 bridgehead atoms. The lowest BCUT2D eigenvalue weighted by Crippen LogP contribution is -2.41. The molecule has 1 saturated heterocycles. The van der Waals surface area contributed by atoms with E-state index in [2.05, 4.69) is 0 Å². The maximum Gasteiger partial charge on any atom is 0.254 e. The van der Waals surface area contributed by atoms with Gasteiger partial charge in [-0.3, -0.25) is 14.4 Å². The number of ether oxygens (including phenoxy) is 1. The van der Waals surface area contributed by atoms with Crippen molar-refractivity contribution in [3.05, 3.63) is 59.2 Å². The average molecular weight is 367 g/mol. The zero-order valence-electron chi connectivity index (χ0n) is 14.8. The standard InChI is InChI=1S/C21H21NO5/c23-12-16-6-1-2-7-17(16)21(26)22-10-4-5-15(11-22)14-27-20-9-3-8-19(25)18(20)13-24/h1-3,6-9,12-13,15,25H,4-5,10-11,14H2/t15-/m0/s1. The van der Waals surface area contributed by atoms with Gasteiger partial charge in [-0.05, 0) is 31.0 Å². The molecule has 27 heavy (non-hydrogen) atoms. The van der Waals surface area contributed by atoms with Crippen molar-refractivity contribution >= 4 is 18.5 Å². The molecule has 0 spiro atoms. The molecule has 1 amide bonds. The summed E-state index contributed by atoms with van der Waals surface area (Å²) in [6, 6.07) is 11.5. The van der Waals surface area contributed by atoms with E-state index < -0.39 is 0 Å². The summed E-state index contributed by atoms with van der Waals surface area (Å²) in [5.74, 6) is 0.162. The summed E-state index contributed by atoms with van der Waals surface area (Å²) in [6.07, 6.45) is 3.00. The van der Waals surface area contributed by atoms with Gasteiger partial charge in [0.2, 0.25) is 0 Å². The highest BCUT2D eigenvalue weighted by atomic mass is 16.5. The van der Waals surface area contributed by atoms with E-state index in [4.69, 9.17) is 4.74 Å². The number of piperidine rings is 1. The number of carbonyl (C=O) groups is 3. The lowest BCUT2D eigenvalue weighted by Gasteiger charge is -2.33. The fraction of sp³-hybridized carbons (Fsp3) is 0.286. The molecule has 0 unspecified atom stereocenters. The molecule has 6 heteroatoms. The summed E-state index contributed by atoms with van der Waals surface area (Å²) in [6.45, 7) is 1.49. The van der Waals surface area contributed by atoms with Crippen molar-refractivity contribution in [2.75, 3.05) is 19.7 Å². The van der Waals surface area contributed by atoms with Gasteiger partial charge in [0.1, 0.15) is 11.5 Å². The number of aromatic hydroxyl groups is 1. The van der Waals surface area contributed by atoms with E-state index in [9.17, 15) is 19.5 Å². The van der Waals surface area contributed by atoms with Crippen molar-refractivity contribution in [1.29, 1.82) is 0 Å². The first-order valence-corrected chi connectivity index (χ1v) is 8.87. The molecule has 1 atom stereocenters. The molecular formula is C21H21NO5. The van der Waals surface area contributed by atoms with E-state index in [1.807, 2.05) is 0 Å². The Hall–Kier alpha value is -3.15. The minimum Gasteiger partial charge on any atom is -0.507 e. The highest BCUT2D eigenvalue weighted by Gasteiger charge is 2.26. The molecule has 1 fully saturated rings. The topological polar surface area (TPSA) is 83.9 Å². The molecule has 0 aliphatic carbocycles. The number of carbonyl (C=O) groups excluding carboxylic acids is 3. The second-order valence-electron chi connectivity index (χ2n) is 6.58. The van der Waals surface area contributed by atoms with Gasteiger partial charge in [-0.2, -0.15) is 0 Å². The average Bonchev–Trinajstić information content (AvgIpc) is 2.72. The summed E-state index contributed by atoms with van der Waals surface area (Å²) < 4.78 is 5.74. The number of amides is 1. The van der Waals surface area contributed by atoms with Crippen molar-refractivity contribution in [2.45, 2.75) is 12.8 Å². The molecule has 1 aliphatic rings. The third-order valence-electron chi connectivity index (χ3n) is 4.76. The predicted molar refractivity (Wildman–Crippen MR) is 99.4 cm³/mol. The second-order valence-corrected chi connectivity index (χ2v) is 6.58. The monoisotopic (exact) mass is 367 g/mol. The quantitative estimate of drug-likeness (QED) is 0.794. The zero-order valence-corrected chi connectivity index (χ0v) is 14.8. The van der Waals surface area contributed by atoms with E-state index >= 15 is 0 Å². The number of phenols is 1. The molecule has 1 heterocycles. The Kier molecular flexibility index (Phi) is 5.86. The number of likely N-dealkylation sites (tertiary alicyclic amines) is 1. The summed E-state index contributed by atoms with van der Waals surface area (Å²) in [5, 5.41) is 9.73. The first kappa shape index (κ1) is 18.6. The van der Waals surface area contributed by atoms with Gasteiger partial charge in [-0.15, -0.1) is 0 Å². The van der Waals surface area contributed by atoms with E-state index in [0.29, 0.717) is 49.1 Å². The fourth-order valence-corrected chi connectivity index (χ4v) is 3.33. The van der Waals surface area contributed by atoms with Crippen LogP contribution in [0.15, 0.2) is 42.5 Å². The number of benzene rings is 2. The zero-order chi connectivity index (χ0) is 19.2. The maximum absolute atomic E-state index is 12.8. The molecule has 2 aromatic carbocycles. The molecule has 140 valence electrons. The first-order valence-electron chi connectivity index (χ1n) is 8.87. The van der Waals surface area contributed by atoms with Crippen LogP contribution in [0.25, 0.3) is 0 Å². The van der Waals surface area contributed by atoms with Crippen molar-refractivity contribution in [3.63, 3.8) is 0 Å².